The largest absolute Gasteiger partial charge is 0.452 e. The number of nitrogens with zero attached hydrogens (tertiary/aromatic N) is 2. The van der Waals surface area contributed by atoms with Crippen LogP contribution in [0.25, 0.3) is 0 Å². The van der Waals surface area contributed by atoms with Crippen molar-refractivity contribution in [3.05, 3.63) is 29.3 Å². The maximum Gasteiger partial charge on any atom is 0.309 e. The number of hydrogen-bond donors (Lipinski definition) is 0. The van der Waals surface area contributed by atoms with E-state index in [0.29, 0.717) is 12.8 Å². The van der Waals surface area contributed by atoms with E-state index in [1.165, 1.54) is 9.21 Å². The molecule has 8 heteroatoms. The number of sulfonamides is 1. The number of piperidine rings is 1. The van der Waals surface area contributed by atoms with Crippen molar-refractivity contribution in [2.24, 2.45) is 5.92 Å². The molecule has 1 unspecified atom stereocenters. The van der Waals surface area contributed by atoms with Crippen LogP contribution in [0.4, 0.5) is 0 Å². The van der Waals surface area contributed by atoms with Crippen LogP contribution in [0.2, 0.25) is 0 Å². The monoisotopic (exact) mass is 396 g/mol. The van der Waals surface area contributed by atoms with E-state index in [1.807, 2.05) is 13.8 Å². The first-order valence-electron chi connectivity index (χ1n) is 9.03. The molecule has 1 fully saturated rings. The average molecular weight is 397 g/mol. The van der Waals surface area contributed by atoms with Gasteiger partial charge in [0.2, 0.25) is 10.0 Å². The molecule has 7 nitrogen and oxygen atoms in total. The molecule has 0 radical (unpaired) electrons. The van der Waals surface area contributed by atoms with Crippen LogP contribution in [0.15, 0.2) is 23.1 Å². The summed E-state index contributed by atoms with van der Waals surface area (Å²) in [5.74, 6) is -1.12. The number of amides is 1. The molecule has 0 bridgehead atoms. The van der Waals surface area contributed by atoms with Crippen LogP contribution in [0.1, 0.15) is 30.9 Å². The molecule has 0 aliphatic carbocycles. The number of carbonyl (C=O) groups is 2. The molecule has 1 atom stereocenters. The molecule has 1 aliphatic heterocycles. The number of ether oxygens (including phenoxy) is 1. The molecule has 2 rings (SSSR count). The predicted octanol–water partition coefficient (Wildman–Crippen LogP) is 1.72. The van der Waals surface area contributed by atoms with Crippen molar-refractivity contribution in [3.8, 4) is 0 Å². The Bertz CT molecular complexity index is 811. The van der Waals surface area contributed by atoms with Gasteiger partial charge in [-0.3, -0.25) is 9.59 Å². The molecule has 0 saturated carbocycles. The Kier molecular flexibility index (Phi) is 6.64. The highest BCUT2D eigenvalue weighted by molar-refractivity contribution is 7.89. The van der Waals surface area contributed by atoms with E-state index in [-0.39, 0.29) is 23.9 Å². The number of likely N-dealkylation sites (N-methyl/N-ethyl adjacent to an activating group) is 1. The standard InChI is InChI=1S/C19H28N2O5S/c1-13-6-7-17(12-14(13)2)27(24,25)21-10-8-16(9-11-21)19(23)26-15(3)18(22)20(4)5/h6-7,12,15-16H,8-11H2,1-5H3. The van der Waals surface area contributed by atoms with Crippen molar-refractivity contribution in [2.75, 3.05) is 27.2 Å². The van der Waals surface area contributed by atoms with E-state index in [2.05, 4.69) is 0 Å². The fraction of sp³-hybridized carbons (Fsp3) is 0.579. The normalized spacial score (nSPS) is 17.4. The summed E-state index contributed by atoms with van der Waals surface area (Å²) in [6.07, 6.45) is -0.0813. The number of hydrogen-bond acceptors (Lipinski definition) is 5. The Morgan fingerprint density at radius 3 is 2.26 bits per heavy atom. The van der Waals surface area contributed by atoms with Crippen molar-refractivity contribution in [1.29, 1.82) is 0 Å². The van der Waals surface area contributed by atoms with E-state index in [1.54, 1.807) is 39.2 Å². The van der Waals surface area contributed by atoms with E-state index < -0.39 is 28.0 Å². The molecule has 1 aliphatic rings. The minimum Gasteiger partial charge on any atom is -0.452 e. The maximum atomic E-state index is 12.8. The second kappa shape index (κ2) is 8.39. The summed E-state index contributed by atoms with van der Waals surface area (Å²) in [6.45, 7) is 5.87. The smallest absolute Gasteiger partial charge is 0.309 e. The number of carbonyl (C=O) groups excluding carboxylic acids is 2. The van der Waals surface area contributed by atoms with Gasteiger partial charge in [0.25, 0.3) is 5.91 Å². The average Bonchev–Trinajstić information content (AvgIpc) is 2.63. The molecule has 1 aromatic rings. The van der Waals surface area contributed by atoms with Crippen LogP contribution in [0.5, 0.6) is 0 Å². The van der Waals surface area contributed by atoms with Crippen LogP contribution in [-0.2, 0) is 24.3 Å². The van der Waals surface area contributed by atoms with Gasteiger partial charge in [-0.25, -0.2) is 8.42 Å². The Morgan fingerprint density at radius 1 is 1.15 bits per heavy atom. The van der Waals surface area contributed by atoms with E-state index in [9.17, 15) is 18.0 Å². The minimum atomic E-state index is -3.58. The molecule has 1 aromatic carbocycles. The Balaban J connectivity index is 1.99. The summed E-state index contributed by atoms with van der Waals surface area (Å²) in [5, 5.41) is 0. The van der Waals surface area contributed by atoms with Gasteiger partial charge in [0.1, 0.15) is 0 Å². The van der Waals surface area contributed by atoms with E-state index in [0.717, 1.165) is 11.1 Å². The zero-order valence-corrected chi connectivity index (χ0v) is 17.4. The molecule has 150 valence electrons. The number of benzene rings is 1. The van der Waals surface area contributed by atoms with E-state index in [4.69, 9.17) is 4.74 Å². The first kappa shape index (κ1) is 21.4. The third-order valence-corrected chi connectivity index (χ3v) is 6.88. The Labute approximate surface area is 161 Å². The minimum absolute atomic E-state index is 0.255. The maximum absolute atomic E-state index is 12.8. The van der Waals surface area contributed by atoms with Crippen LogP contribution in [0, 0.1) is 19.8 Å². The summed E-state index contributed by atoms with van der Waals surface area (Å²) in [5.41, 5.74) is 1.96. The van der Waals surface area contributed by atoms with E-state index >= 15 is 0 Å². The predicted molar refractivity (Wildman–Crippen MR) is 102 cm³/mol. The fourth-order valence-corrected chi connectivity index (χ4v) is 4.60. The van der Waals surface area contributed by atoms with Crippen LogP contribution in [-0.4, -0.2) is 62.8 Å². The fourth-order valence-electron chi connectivity index (χ4n) is 3.04. The number of rotatable bonds is 5. The Morgan fingerprint density at radius 2 is 1.74 bits per heavy atom. The second-order valence-electron chi connectivity index (χ2n) is 7.24. The zero-order chi connectivity index (χ0) is 20.4. The van der Waals surface area contributed by atoms with Gasteiger partial charge in [-0.2, -0.15) is 4.31 Å². The van der Waals surface area contributed by atoms with Gasteiger partial charge in [-0.05, 0) is 56.9 Å². The lowest BCUT2D eigenvalue weighted by Gasteiger charge is -2.30. The highest BCUT2D eigenvalue weighted by Crippen LogP contribution is 2.26. The molecular weight excluding hydrogens is 368 g/mol. The van der Waals surface area contributed by atoms with Crippen LogP contribution in [0.3, 0.4) is 0 Å². The molecular formula is C19H28N2O5S. The molecule has 0 spiro atoms. The van der Waals surface area contributed by atoms with Crippen molar-refractivity contribution in [3.63, 3.8) is 0 Å². The number of aryl methyl sites for hydroxylation is 2. The van der Waals surface area contributed by atoms with Gasteiger partial charge >= 0.3 is 5.97 Å². The zero-order valence-electron chi connectivity index (χ0n) is 16.6. The third kappa shape index (κ3) is 4.87. The van der Waals surface area contributed by atoms with Crippen molar-refractivity contribution in [2.45, 2.75) is 44.6 Å². The van der Waals surface area contributed by atoms with Crippen LogP contribution >= 0.6 is 0 Å². The highest BCUT2D eigenvalue weighted by Gasteiger charge is 2.34. The van der Waals surface area contributed by atoms with Gasteiger partial charge < -0.3 is 9.64 Å². The van der Waals surface area contributed by atoms with Crippen molar-refractivity contribution < 1.29 is 22.7 Å². The second-order valence-corrected chi connectivity index (χ2v) is 9.17. The topological polar surface area (TPSA) is 84.0 Å². The molecule has 0 aromatic heterocycles. The number of esters is 1. The molecule has 1 heterocycles. The van der Waals surface area contributed by atoms with Gasteiger partial charge in [-0.15, -0.1) is 0 Å². The molecule has 1 amide bonds. The van der Waals surface area contributed by atoms with Gasteiger partial charge in [-0.1, -0.05) is 6.07 Å². The summed E-state index contributed by atoms with van der Waals surface area (Å²) < 4.78 is 32.3. The third-order valence-electron chi connectivity index (χ3n) is 4.98. The van der Waals surface area contributed by atoms with Crippen molar-refractivity contribution in [1.82, 2.24) is 9.21 Å². The highest BCUT2D eigenvalue weighted by atomic mass is 32.2. The first-order chi connectivity index (χ1) is 12.5. The van der Waals surface area contributed by atoms with Gasteiger partial charge in [0.05, 0.1) is 10.8 Å². The molecule has 0 N–H and O–H groups in total. The van der Waals surface area contributed by atoms with Crippen molar-refractivity contribution >= 4 is 21.9 Å². The van der Waals surface area contributed by atoms with Gasteiger partial charge in [0, 0.05) is 27.2 Å². The summed E-state index contributed by atoms with van der Waals surface area (Å²) >= 11 is 0. The first-order valence-corrected chi connectivity index (χ1v) is 10.5. The lowest BCUT2D eigenvalue weighted by atomic mass is 9.98. The lowest BCUT2D eigenvalue weighted by molar-refractivity contribution is -0.162. The summed E-state index contributed by atoms with van der Waals surface area (Å²) in [4.78, 5) is 25.7. The SMILES string of the molecule is Cc1ccc(S(=O)(=O)N2CCC(C(=O)OC(C)C(=O)N(C)C)CC2)cc1C. The quantitative estimate of drug-likeness (QED) is 0.708. The van der Waals surface area contributed by atoms with Gasteiger partial charge in [0.15, 0.2) is 6.10 Å². The summed E-state index contributed by atoms with van der Waals surface area (Å²) in [7, 11) is -0.378. The molecule has 1 saturated heterocycles. The molecule has 27 heavy (non-hydrogen) atoms. The summed E-state index contributed by atoms with van der Waals surface area (Å²) in [6, 6.07) is 5.10. The Hall–Kier alpha value is -1.93. The van der Waals surface area contributed by atoms with Crippen LogP contribution < -0.4 is 0 Å². The lowest BCUT2D eigenvalue weighted by Crippen LogP contribution is -2.42.